The Hall–Kier alpha value is -0.380. The van der Waals surface area contributed by atoms with Crippen LogP contribution in [0.1, 0.15) is 18.4 Å². The second-order valence-corrected chi connectivity index (χ2v) is 10.1. The standard InChI is InChI=1S/C13H18Cl2N2O4S2/c1-22(18,19)16-11-4-6-17(7-5-11)23(20,21)9-10-2-3-12(14)13(15)8-10/h2-3,8,11,16H,4-7,9H2,1H3. The summed E-state index contributed by atoms with van der Waals surface area (Å²) in [7, 11) is -6.76. The third kappa shape index (κ3) is 5.58. The Morgan fingerprint density at radius 3 is 2.26 bits per heavy atom. The Balaban J connectivity index is 2.00. The number of benzene rings is 1. The minimum Gasteiger partial charge on any atom is -0.213 e. The minimum absolute atomic E-state index is 0.159. The topological polar surface area (TPSA) is 83.6 Å². The first-order chi connectivity index (χ1) is 10.6. The number of piperidine rings is 1. The summed E-state index contributed by atoms with van der Waals surface area (Å²) < 4.78 is 51.2. The molecule has 1 saturated heterocycles. The lowest BCUT2D eigenvalue weighted by Crippen LogP contribution is -2.46. The van der Waals surface area contributed by atoms with Crippen LogP contribution in [0.15, 0.2) is 18.2 Å². The molecule has 1 N–H and O–H groups in total. The van der Waals surface area contributed by atoms with Gasteiger partial charge in [0.25, 0.3) is 0 Å². The molecule has 0 radical (unpaired) electrons. The normalized spacial score (nSPS) is 18.2. The maximum atomic E-state index is 12.5. The summed E-state index contributed by atoms with van der Waals surface area (Å²) in [5.74, 6) is -0.159. The van der Waals surface area contributed by atoms with Gasteiger partial charge in [-0.05, 0) is 30.5 Å². The number of hydrogen-bond acceptors (Lipinski definition) is 4. The molecule has 0 unspecified atom stereocenters. The van der Waals surface area contributed by atoms with Crippen molar-refractivity contribution < 1.29 is 16.8 Å². The van der Waals surface area contributed by atoms with Gasteiger partial charge >= 0.3 is 0 Å². The van der Waals surface area contributed by atoms with Crippen LogP contribution in [0.4, 0.5) is 0 Å². The van der Waals surface area contributed by atoms with Crippen LogP contribution in [0.5, 0.6) is 0 Å². The summed E-state index contributed by atoms with van der Waals surface area (Å²) >= 11 is 11.7. The Labute approximate surface area is 146 Å². The van der Waals surface area contributed by atoms with Crippen molar-refractivity contribution in [2.24, 2.45) is 0 Å². The average Bonchev–Trinajstić information content (AvgIpc) is 2.41. The van der Waals surface area contributed by atoms with E-state index in [9.17, 15) is 16.8 Å². The molecule has 0 spiro atoms. The largest absolute Gasteiger partial charge is 0.218 e. The zero-order chi connectivity index (χ0) is 17.3. The maximum absolute atomic E-state index is 12.5. The number of sulfonamides is 2. The fraction of sp³-hybridized carbons (Fsp3) is 0.538. The van der Waals surface area contributed by atoms with E-state index in [0.29, 0.717) is 28.5 Å². The van der Waals surface area contributed by atoms with Crippen LogP contribution >= 0.6 is 23.2 Å². The Morgan fingerprint density at radius 1 is 1.13 bits per heavy atom. The molecule has 6 nitrogen and oxygen atoms in total. The van der Waals surface area contributed by atoms with Crippen LogP contribution in [-0.4, -0.2) is 46.5 Å². The molecule has 1 aromatic rings. The van der Waals surface area contributed by atoms with Gasteiger partial charge in [0.2, 0.25) is 20.0 Å². The number of rotatable bonds is 5. The highest BCUT2D eigenvalue weighted by molar-refractivity contribution is 7.88. The third-order valence-electron chi connectivity index (χ3n) is 3.56. The molecule has 1 fully saturated rings. The summed E-state index contributed by atoms with van der Waals surface area (Å²) in [6, 6.07) is 4.52. The van der Waals surface area contributed by atoms with Gasteiger partial charge in [0.05, 0.1) is 22.1 Å². The zero-order valence-electron chi connectivity index (χ0n) is 12.5. The van der Waals surface area contributed by atoms with Crippen molar-refractivity contribution in [2.45, 2.75) is 24.6 Å². The van der Waals surface area contributed by atoms with Gasteiger partial charge in [-0.3, -0.25) is 0 Å². The van der Waals surface area contributed by atoms with E-state index in [4.69, 9.17) is 23.2 Å². The van der Waals surface area contributed by atoms with Gasteiger partial charge in [0.15, 0.2) is 0 Å². The van der Waals surface area contributed by atoms with E-state index in [0.717, 1.165) is 6.26 Å². The zero-order valence-corrected chi connectivity index (χ0v) is 15.6. The summed E-state index contributed by atoms with van der Waals surface area (Å²) in [5, 5.41) is 0.691. The van der Waals surface area contributed by atoms with Crippen molar-refractivity contribution in [3.05, 3.63) is 33.8 Å². The maximum Gasteiger partial charge on any atom is 0.218 e. The molecule has 1 heterocycles. The quantitative estimate of drug-likeness (QED) is 0.816. The fourth-order valence-corrected chi connectivity index (χ4v) is 5.20. The van der Waals surface area contributed by atoms with E-state index in [1.54, 1.807) is 18.2 Å². The molecule has 0 atom stereocenters. The highest BCUT2D eigenvalue weighted by Gasteiger charge is 2.29. The van der Waals surface area contributed by atoms with Gasteiger partial charge in [0.1, 0.15) is 0 Å². The van der Waals surface area contributed by atoms with Crippen LogP contribution in [0.2, 0.25) is 10.0 Å². The number of halogens is 2. The molecule has 1 aliphatic heterocycles. The van der Waals surface area contributed by atoms with E-state index in [1.165, 1.54) is 4.31 Å². The lowest BCUT2D eigenvalue weighted by atomic mass is 10.1. The van der Waals surface area contributed by atoms with Gasteiger partial charge in [-0.2, -0.15) is 0 Å². The molecule has 0 saturated carbocycles. The number of hydrogen-bond donors (Lipinski definition) is 1. The van der Waals surface area contributed by atoms with Crippen molar-refractivity contribution in [3.63, 3.8) is 0 Å². The predicted octanol–water partition coefficient (Wildman–Crippen LogP) is 1.84. The van der Waals surface area contributed by atoms with Crippen molar-refractivity contribution in [1.29, 1.82) is 0 Å². The van der Waals surface area contributed by atoms with Crippen LogP contribution in [0, 0.1) is 0 Å². The molecule has 0 amide bonds. The second-order valence-electron chi connectivity index (χ2n) is 5.57. The molecule has 1 aromatic carbocycles. The molecule has 1 aliphatic rings. The Kier molecular flexibility index (Phi) is 5.97. The summed E-state index contributed by atoms with van der Waals surface area (Å²) in [5.41, 5.74) is 0.566. The first kappa shape index (κ1) is 19.0. The highest BCUT2D eigenvalue weighted by atomic mass is 35.5. The van der Waals surface area contributed by atoms with Gasteiger partial charge in [-0.1, -0.05) is 29.3 Å². The van der Waals surface area contributed by atoms with Crippen LogP contribution in [0.25, 0.3) is 0 Å². The smallest absolute Gasteiger partial charge is 0.213 e. The Bertz CT molecular complexity index is 773. The van der Waals surface area contributed by atoms with Crippen molar-refractivity contribution in [3.8, 4) is 0 Å². The molecule has 10 heteroatoms. The van der Waals surface area contributed by atoms with Crippen LogP contribution in [0.3, 0.4) is 0 Å². The van der Waals surface area contributed by atoms with Crippen molar-refractivity contribution >= 4 is 43.2 Å². The molecule has 2 rings (SSSR count). The molecular formula is C13H18Cl2N2O4S2. The molecule has 23 heavy (non-hydrogen) atoms. The highest BCUT2D eigenvalue weighted by Crippen LogP contribution is 2.25. The SMILES string of the molecule is CS(=O)(=O)NC1CCN(S(=O)(=O)Cc2ccc(Cl)c(Cl)c2)CC1. The van der Waals surface area contributed by atoms with Crippen molar-refractivity contribution in [1.82, 2.24) is 9.03 Å². The van der Waals surface area contributed by atoms with Crippen LogP contribution in [-0.2, 0) is 25.8 Å². The minimum atomic E-state index is -3.48. The van der Waals surface area contributed by atoms with Gasteiger partial charge in [0, 0.05) is 19.1 Å². The Morgan fingerprint density at radius 2 is 1.74 bits per heavy atom. The average molecular weight is 401 g/mol. The number of nitrogens with zero attached hydrogens (tertiary/aromatic N) is 1. The molecular weight excluding hydrogens is 383 g/mol. The first-order valence-corrected chi connectivity index (χ1v) is 11.2. The second kappa shape index (κ2) is 7.25. The molecule has 0 aromatic heterocycles. The van der Waals surface area contributed by atoms with Gasteiger partial charge in [-0.25, -0.2) is 25.9 Å². The predicted molar refractivity (Wildman–Crippen MR) is 91.7 cm³/mol. The molecule has 130 valence electrons. The first-order valence-electron chi connectivity index (χ1n) is 6.96. The third-order valence-corrected chi connectivity index (χ3v) is 6.91. The lowest BCUT2D eigenvalue weighted by molar-refractivity contribution is 0.308. The number of nitrogens with one attached hydrogen (secondary N) is 1. The summed E-state index contributed by atoms with van der Waals surface area (Å²) in [6.07, 6.45) is 2.00. The van der Waals surface area contributed by atoms with E-state index in [1.807, 2.05) is 0 Å². The molecule has 0 aliphatic carbocycles. The van der Waals surface area contributed by atoms with E-state index in [-0.39, 0.29) is 24.9 Å². The van der Waals surface area contributed by atoms with Crippen LogP contribution < -0.4 is 4.72 Å². The lowest BCUT2D eigenvalue weighted by Gasteiger charge is -2.31. The monoisotopic (exact) mass is 400 g/mol. The van der Waals surface area contributed by atoms with E-state index < -0.39 is 20.0 Å². The summed E-state index contributed by atoms with van der Waals surface area (Å²) in [6.45, 7) is 0.577. The van der Waals surface area contributed by atoms with E-state index in [2.05, 4.69) is 4.72 Å². The van der Waals surface area contributed by atoms with Gasteiger partial charge < -0.3 is 0 Å². The molecule has 0 bridgehead atoms. The summed E-state index contributed by atoms with van der Waals surface area (Å²) in [4.78, 5) is 0. The van der Waals surface area contributed by atoms with Gasteiger partial charge in [-0.15, -0.1) is 0 Å². The fourth-order valence-electron chi connectivity index (χ4n) is 2.49. The van der Waals surface area contributed by atoms with E-state index >= 15 is 0 Å². The van der Waals surface area contributed by atoms with Crippen molar-refractivity contribution in [2.75, 3.05) is 19.3 Å².